The average molecular weight is 301 g/mol. The zero-order chi connectivity index (χ0) is 14.8. The number of hydrogen-bond donors (Lipinski definition) is 0. The highest BCUT2D eigenvalue weighted by molar-refractivity contribution is 7.19. The summed E-state index contributed by atoms with van der Waals surface area (Å²) in [5, 5.41) is 14.2. The summed E-state index contributed by atoms with van der Waals surface area (Å²) in [6.45, 7) is 9.18. The van der Waals surface area contributed by atoms with Crippen LogP contribution in [0.15, 0.2) is 24.3 Å². The average Bonchev–Trinajstić information content (AvgIpc) is 3.06. The van der Waals surface area contributed by atoms with Crippen molar-refractivity contribution in [1.82, 2.24) is 24.7 Å². The third-order valence-electron chi connectivity index (χ3n) is 3.58. The van der Waals surface area contributed by atoms with Crippen molar-refractivity contribution in [3.05, 3.63) is 35.7 Å². The molecule has 0 aliphatic rings. The molecular formula is C15H19N5S. The molecule has 0 bridgehead atoms. The Morgan fingerprint density at radius 2 is 2.00 bits per heavy atom. The second kappa shape index (κ2) is 5.91. The van der Waals surface area contributed by atoms with E-state index in [9.17, 15) is 0 Å². The van der Waals surface area contributed by atoms with Gasteiger partial charge in [-0.1, -0.05) is 48.9 Å². The summed E-state index contributed by atoms with van der Waals surface area (Å²) in [5.41, 5.74) is 2.38. The van der Waals surface area contributed by atoms with Gasteiger partial charge in [-0.3, -0.25) is 4.90 Å². The van der Waals surface area contributed by atoms with E-state index in [1.54, 1.807) is 11.3 Å². The minimum atomic E-state index is 0.783. The van der Waals surface area contributed by atoms with Crippen LogP contribution in [0.3, 0.4) is 0 Å². The minimum Gasteiger partial charge on any atom is -0.296 e. The third kappa shape index (κ3) is 2.82. The predicted molar refractivity (Wildman–Crippen MR) is 85.5 cm³/mol. The predicted octanol–water partition coefficient (Wildman–Crippen LogP) is 3.00. The number of hydrogen-bond acceptors (Lipinski definition) is 5. The van der Waals surface area contributed by atoms with Crippen molar-refractivity contribution >= 4 is 16.3 Å². The molecule has 3 rings (SSSR count). The van der Waals surface area contributed by atoms with E-state index in [0.717, 1.165) is 41.0 Å². The molecule has 0 aliphatic carbocycles. The maximum Gasteiger partial charge on any atom is 0.235 e. The van der Waals surface area contributed by atoms with Crippen molar-refractivity contribution in [2.24, 2.45) is 0 Å². The fourth-order valence-corrected chi connectivity index (χ4v) is 3.15. The number of aromatic nitrogens is 4. The van der Waals surface area contributed by atoms with Crippen molar-refractivity contribution in [2.45, 2.75) is 27.3 Å². The molecule has 0 N–H and O–H groups in total. The maximum absolute atomic E-state index is 4.69. The Labute approximate surface area is 128 Å². The summed E-state index contributed by atoms with van der Waals surface area (Å²) in [7, 11) is 0. The van der Waals surface area contributed by atoms with Gasteiger partial charge in [-0.25, -0.2) is 0 Å². The molecule has 2 heterocycles. The van der Waals surface area contributed by atoms with Crippen molar-refractivity contribution in [1.29, 1.82) is 0 Å². The minimum absolute atomic E-state index is 0.783. The molecule has 0 amide bonds. The third-order valence-corrected chi connectivity index (χ3v) is 4.53. The first kappa shape index (κ1) is 14.2. The van der Waals surface area contributed by atoms with E-state index in [4.69, 9.17) is 0 Å². The van der Waals surface area contributed by atoms with Gasteiger partial charge in [0.2, 0.25) is 4.96 Å². The second-order valence-electron chi connectivity index (χ2n) is 5.05. The van der Waals surface area contributed by atoms with Gasteiger partial charge in [-0.2, -0.15) is 9.61 Å². The lowest BCUT2D eigenvalue weighted by Gasteiger charge is -2.15. The van der Waals surface area contributed by atoms with E-state index in [-0.39, 0.29) is 0 Å². The zero-order valence-electron chi connectivity index (χ0n) is 12.6. The topological polar surface area (TPSA) is 46.3 Å². The number of aryl methyl sites for hydroxylation is 1. The molecule has 0 unspecified atom stereocenters. The van der Waals surface area contributed by atoms with Gasteiger partial charge in [0, 0.05) is 5.56 Å². The molecule has 0 atom stereocenters. The molecule has 110 valence electrons. The van der Waals surface area contributed by atoms with E-state index in [0.29, 0.717) is 0 Å². The quantitative estimate of drug-likeness (QED) is 0.727. The molecule has 0 aliphatic heterocycles. The van der Waals surface area contributed by atoms with Gasteiger partial charge in [0.05, 0.1) is 6.54 Å². The molecule has 21 heavy (non-hydrogen) atoms. The molecule has 5 nitrogen and oxygen atoms in total. The number of fused-ring (bicyclic) bond motifs is 1. The summed E-state index contributed by atoms with van der Waals surface area (Å²) < 4.78 is 1.88. The standard InChI is InChI=1S/C15H19N5S/c1-4-19(5-2)10-13-16-17-15-20(13)18-14(21-15)12-8-6-7-11(3)9-12/h6-9H,4-5,10H2,1-3H3. The van der Waals surface area contributed by atoms with Crippen LogP contribution in [-0.2, 0) is 6.54 Å². The summed E-state index contributed by atoms with van der Waals surface area (Å²) >= 11 is 1.58. The van der Waals surface area contributed by atoms with Gasteiger partial charge in [0.25, 0.3) is 0 Å². The smallest absolute Gasteiger partial charge is 0.235 e. The molecule has 0 saturated heterocycles. The molecule has 3 aromatic rings. The van der Waals surface area contributed by atoms with Crippen LogP contribution in [0.4, 0.5) is 0 Å². The Hall–Kier alpha value is -1.79. The Morgan fingerprint density at radius 1 is 1.19 bits per heavy atom. The van der Waals surface area contributed by atoms with Gasteiger partial charge in [-0.05, 0) is 26.1 Å². The first-order valence-electron chi connectivity index (χ1n) is 7.21. The summed E-state index contributed by atoms with van der Waals surface area (Å²) in [6, 6.07) is 8.39. The number of benzene rings is 1. The molecule has 0 saturated carbocycles. The molecule has 0 spiro atoms. The lowest BCUT2D eigenvalue weighted by Crippen LogP contribution is -2.23. The molecule has 2 aromatic heterocycles. The Kier molecular flexibility index (Phi) is 3.98. The molecule has 6 heteroatoms. The largest absolute Gasteiger partial charge is 0.296 e. The maximum atomic E-state index is 4.69. The normalized spacial score (nSPS) is 11.6. The second-order valence-corrected chi connectivity index (χ2v) is 6.00. The van der Waals surface area contributed by atoms with E-state index in [1.165, 1.54) is 5.56 Å². The van der Waals surface area contributed by atoms with Crippen LogP contribution >= 0.6 is 11.3 Å². The molecule has 0 radical (unpaired) electrons. The Morgan fingerprint density at radius 3 is 2.71 bits per heavy atom. The van der Waals surface area contributed by atoms with Gasteiger partial charge in [0.15, 0.2) is 5.82 Å². The lowest BCUT2D eigenvalue weighted by atomic mass is 10.1. The van der Waals surface area contributed by atoms with Crippen LogP contribution in [0.5, 0.6) is 0 Å². The van der Waals surface area contributed by atoms with Gasteiger partial charge in [-0.15, -0.1) is 10.2 Å². The van der Waals surface area contributed by atoms with Gasteiger partial charge in [0.1, 0.15) is 5.01 Å². The van der Waals surface area contributed by atoms with E-state index in [1.807, 2.05) is 4.52 Å². The fraction of sp³-hybridized carbons (Fsp3) is 0.400. The zero-order valence-corrected chi connectivity index (χ0v) is 13.4. The van der Waals surface area contributed by atoms with Crippen LogP contribution in [-0.4, -0.2) is 37.8 Å². The first-order chi connectivity index (χ1) is 10.2. The number of rotatable bonds is 5. The highest BCUT2D eigenvalue weighted by atomic mass is 32.1. The molecular weight excluding hydrogens is 282 g/mol. The van der Waals surface area contributed by atoms with Gasteiger partial charge < -0.3 is 0 Å². The van der Waals surface area contributed by atoms with Gasteiger partial charge >= 0.3 is 0 Å². The van der Waals surface area contributed by atoms with Crippen molar-refractivity contribution in [3.8, 4) is 10.6 Å². The summed E-state index contributed by atoms with van der Waals surface area (Å²) in [5.74, 6) is 0.906. The SMILES string of the molecule is CCN(CC)Cc1nnc2sc(-c3cccc(C)c3)nn12. The lowest BCUT2D eigenvalue weighted by molar-refractivity contribution is 0.286. The van der Waals surface area contributed by atoms with E-state index >= 15 is 0 Å². The Balaban J connectivity index is 1.96. The van der Waals surface area contributed by atoms with E-state index in [2.05, 4.69) is 65.2 Å². The molecule has 1 aromatic carbocycles. The highest BCUT2D eigenvalue weighted by Crippen LogP contribution is 2.26. The van der Waals surface area contributed by atoms with Crippen molar-refractivity contribution < 1.29 is 0 Å². The van der Waals surface area contributed by atoms with Crippen LogP contribution in [0, 0.1) is 6.92 Å². The number of nitrogens with zero attached hydrogens (tertiary/aromatic N) is 5. The van der Waals surface area contributed by atoms with Crippen LogP contribution in [0.1, 0.15) is 25.2 Å². The van der Waals surface area contributed by atoms with Crippen LogP contribution in [0.25, 0.3) is 15.5 Å². The highest BCUT2D eigenvalue weighted by Gasteiger charge is 2.14. The van der Waals surface area contributed by atoms with Crippen LogP contribution < -0.4 is 0 Å². The fourth-order valence-electron chi connectivity index (χ4n) is 2.30. The first-order valence-corrected chi connectivity index (χ1v) is 8.03. The van der Waals surface area contributed by atoms with Crippen molar-refractivity contribution in [2.75, 3.05) is 13.1 Å². The molecule has 0 fully saturated rings. The Bertz CT molecular complexity index is 741. The summed E-state index contributed by atoms with van der Waals surface area (Å²) in [6.07, 6.45) is 0. The van der Waals surface area contributed by atoms with E-state index < -0.39 is 0 Å². The van der Waals surface area contributed by atoms with Crippen LogP contribution in [0.2, 0.25) is 0 Å². The van der Waals surface area contributed by atoms with Crippen molar-refractivity contribution in [3.63, 3.8) is 0 Å². The monoisotopic (exact) mass is 301 g/mol. The summed E-state index contributed by atoms with van der Waals surface area (Å²) in [4.78, 5) is 3.16.